The van der Waals surface area contributed by atoms with E-state index in [-0.39, 0.29) is 0 Å². The standard InChI is InChI=1S/C18H29NO/c1-4-12-20-17-9-7-6-8-16(17)18(19-5-2)15-11-10-14(3)13-15/h6-9,14-15,18-19H,4-5,10-13H2,1-3H3. The first-order chi connectivity index (χ1) is 9.76. The van der Waals surface area contributed by atoms with Crippen molar-refractivity contribution >= 4 is 0 Å². The van der Waals surface area contributed by atoms with Crippen LogP contribution in [0.4, 0.5) is 0 Å². The Morgan fingerprint density at radius 1 is 1.25 bits per heavy atom. The molecule has 0 spiro atoms. The van der Waals surface area contributed by atoms with Crippen LogP contribution < -0.4 is 10.1 Å². The molecule has 1 aromatic carbocycles. The van der Waals surface area contributed by atoms with Crippen LogP contribution in [0.25, 0.3) is 0 Å². The minimum Gasteiger partial charge on any atom is -0.493 e. The molecule has 20 heavy (non-hydrogen) atoms. The summed E-state index contributed by atoms with van der Waals surface area (Å²) >= 11 is 0. The van der Waals surface area contributed by atoms with E-state index in [0.717, 1.165) is 37.2 Å². The molecule has 112 valence electrons. The topological polar surface area (TPSA) is 21.3 Å². The lowest BCUT2D eigenvalue weighted by Gasteiger charge is -2.27. The maximum Gasteiger partial charge on any atom is 0.124 e. The van der Waals surface area contributed by atoms with Crippen molar-refractivity contribution in [2.75, 3.05) is 13.2 Å². The molecule has 3 unspecified atom stereocenters. The summed E-state index contributed by atoms with van der Waals surface area (Å²) in [7, 11) is 0. The second-order valence-electron chi connectivity index (χ2n) is 6.10. The predicted octanol–water partition coefficient (Wildman–Crippen LogP) is 4.56. The molecule has 0 radical (unpaired) electrons. The SMILES string of the molecule is CCCOc1ccccc1C(NCC)C1CCC(C)C1. The van der Waals surface area contributed by atoms with Gasteiger partial charge in [0.05, 0.1) is 6.61 Å². The molecule has 2 rings (SSSR count). The number of hydrogen-bond acceptors (Lipinski definition) is 2. The lowest BCUT2D eigenvalue weighted by molar-refractivity contribution is 0.297. The maximum absolute atomic E-state index is 5.96. The van der Waals surface area contributed by atoms with E-state index in [2.05, 4.69) is 50.4 Å². The van der Waals surface area contributed by atoms with Gasteiger partial charge in [-0.15, -0.1) is 0 Å². The Morgan fingerprint density at radius 3 is 2.70 bits per heavy atom. The first-order valence-corrected chi connectivity index (χ1v) is 8.21. The third-order valence-electron chi connectivity index (χ3n) is 4.35. The highest BCUT2D eigenvalue weighted by molar-refractivity contribution is 5.36. The van der Waals surface area contributed by atoms with Gasteiger partial charge in [0.25, 0.3) is 0 Å². The highest BCUT2D eigenvalue weighted by Crippen LogP contribution is 2.41. The Hall–Kier alpha value is -1.02. The Balaban J connectivity index is 2.19. The average Bonchev–Trinajstić information content (AvgIpc) is 2.89. The number of ether oxygens (including phenoxy) is 1. The minimum atomic E-state index is 0.443. The molecule has 2 heteroatoms. The van der Waals surface area contributed by atoms with Gasteiger partial charge in [0.2, 0.25) is 0 Å². The van der Waals surface area contributed by atoms with E-state index < -0.39 is 0 Å². The summed E-state index contributed by atoms with van der Waals surface area (Å²) in [5.41, 5.74) is 1.35. The molecule has 0 amide bonds. The fraction of sp³-hybridized carbons (Fsp3) is 0.667. The molecule has 0 saturated heterocycles. The summed E-state index contributed by atoms with van der Waals surface area (Å²) in [6, 6.07) is 9.01. The predicted molar refractivity (Wildman–Crippen MR) is 85.2 cm³/mol. The van der Waals surface area contributed by atoms with Crippen molar-refractivity contribution in [3.8, 4) is 5.75 Å². The van der Waals surface area contributed by atoms with E-state index in [1.165, 1.54) is 24.8 Å². The highest BCUT2D eigenvalue weighted by Gasteiger charge is 2.30. The minimum absolute atomic E-state index is 0.443. The van der Waals surface area contributed by atoms with Crippen LogP contribution in [-0.2, 0) is 0 Å². The van der Waals surface area contributed by atoms with Gasteiger partial charge in [0, 0.05) is 11.6 Å². The van der Waals surface area contributed by atoms with Gasteiger partial charge in [-0.3, -0.25) is 0 Å². The lowest BCUT2D eigenvalue weighted by atomic mass is 9.90. The zero-order valence-electron chi connectivity index (χ0n) is 13.2. The van der Waals surface area contributed by atoms with Crippen molar-refractivity contribution in [1.29, 1.82) is 0 Å². The van der Waals surface area contributed by atoms with Gasteiger partial charge in [0.1, 0.15) is 5.75 Å². The summed E-state index contributed by atoms with van der Waals surface area (Å²) in [5.74, 6) is 2.68. The Kier molecular flexibility index (Phi) is 5.90. The van der Waals surface area contributed by atoms with Crippen LogP contribution in [0.5, 0.6) is 5.75 Å². The van der Waals surface area contributed by atoms with Crippen molar-refractivity contribution in [3.63, 3.8) is 0 Å². The third-order valence-corrected chi connectivity index (χ3v) is 4.35. The van der Waals surface area contributed by atoms with Crippen LogP contribution in [-0.4, -0.2) is 13.2 Å². The van der Waals surface area contributed by atoms with E-state index in [9.17, 15) is 0 Å². The van der Waals surface area contributed by atoms with Crippen molar-refractivity contribution in [1.82, 2.24) is 5.32 Å². The lowest BCUT2D eigenvalue weighted by Crippen LogP contribution is -2.27. The maximum atomic E-state index is 5.96. The molecule has 2 nitrogen and oxygen atoms in total. The quantitative estimate of drug-likeness (QED) is 0.787. The third kappa shape index (κ3) is 3.76. The monoisotopic (exact) mass is 275 g/mol. The summed E-state index contributed by atoms with van der Waals surface area (Å²) < 4.78 is 5.96. The Labute approximate surface area is 123 Å². The van der Waals surface area contributed by atoms with Gasteiger partial charge in [-0.2, -0.15) is 0 Å². The summed E-state index contributed by atoms with van der Waals surface area (Å²) in [6.07, 6.45) is 5.09. The van der Waals surface area contributed by atoms with Gasteiger partial charge in [-0.25, -0.2) is 0 Å². The largest absolute Gasteiger partial charge is 0.493 e. The molecule has 0 aliphatic heterocycles. The molecule has 0 aromatic heterocycles. The number of benzene rings is 1. The number of nitrogens with one attached hydrogen (secondary N) is 1. The van der Waals surface area contributed by atoms with E-state index in [1.54, 1.807) is 0 Å². The Morgan fingerprint density at radius 2 is 2.05 bits per heavy atom. The van der Waals surface area contributed by atoms with Gasteiger partial charge in [0.15, 0.2) is 0 Å². The van der Waals surface area contributed by atoms with E-state index >= 15 is 0 Å². The first-order valence-electron chi connectivity index (χ1n) is 8.21. The van der Waals surface area contributed by atoms with Gasteiger partial charge in [-0.05, 0) is 43.7 Å². The molecule has 1 fully saturated rings. The molecule has 1 aromatic rings. The molecule has 0 heterocycles. The average molecular weight is 275 g/mol. The van der Waals surface area contributed by atoms with E-state index in [1.807, 2.05) is 0 Å². The fourth-order valence-electron chi connectivity index (χ4n) is 3.39. The molecule has 3 atom stereocenters. The molecular formula is C18H29NO. The molecule has 1 aliphatic carbocycles. The number of para-hydroxylation sites is 1. The Bertz CT molecular complexity index is 404. The van der Waals surface area contributed by atoms with Gasteiger partial charge >= 0.3 is 0 Å². The summed E-state index contributed by atoms with van der Waals surface area (Å²) in [4.78, 5) is 0. The second kappa shape index (κ2) is 7.68. The molecular weight excluding hydrogens is 246 g/mol. The number of rotatable bonds is 7. The summed E-state index contributed by atoms with van der Waals surface area (Å²) in [5, 5.41) is 3.70. The molecule has 1 saturated carbocycles. The van der Waals surface area contributed by atoms with Gasteiger partial charge < -0.3 is 10.1 Å². The second-order valence-corrected chi connectivity index (χ2v) is 6.10. The van der Waals surface area contributed by atoms with Crippen LogP contribution >= 0.6 is 0 Å². The fourth-order valence-corrected chi connectivity index (χ4v) is 3.39. The normalized spacial score (nSPS) is 23.8. The smallest absolute Gasteiger partial charge is 0.124 e. The van der Waals surface area contributed by atoms with Crippen molar-refractivity contribution in [2.45, 2.75) is 52.5 Å². The zero-order chi connectivity index (χ0) is 14.4. The zero-order valence-corrected chi connectivity index (χ0v) is 13.2. The first kappa shape index (κ1) is 15.4. The van der Waals surface area contributed by atoms with Crippen molar-refractivity contribution < 1.29 is 4.74 Å². The molecule has 0 bridgehead atoms. The van der Waals surface area contributed by atoms with E-state index in [4.69, 9.17) is 4.74 Å². The van der Waals surface area contributed by atoms with Crippen molar-refractivity contribution in [3.05, 3.63) is 29.8 Å². The molecule has 1 N–H and O–H groups in total. The van der Waals surface area contributed by atoms with Crippen molar-refractivity contribution in [2.24, 2.45) is 11.8 Å². The summed E-state index contributed by atoms with van der Waals surface area (Å²) in [6.45, 7) is 8.54. The van der Waals surface area contributed by atoms with E-state index in [0.29, 0.717) is 6.04 Å². The van der Waals surface area contributed by atoms with Crippen LogP contribution in [0.2, 0.25) is 0 Å². The van der Waals surface area contributed by atoms with Crippen LogP contribution in [0.3, 0.4) is 0 Å². The number of hydrogen-bond donors (Lipinski definition) is 1. The van der Waals surface area contributed by atoms with Crippen LogP contribution in [0, 0.1) is 11.8 Å². The van der Waals surface area contributed by atoms with Crippen LogP contribution in [0.1, 0.15) is 58.1 Å². The van der Waals surface area contributed by atoms with Crippen LogP contribution in [0.15, 0.2) is 24.3 Å². The molecule has 1 aliphatic rings. The van der Waals surface area contributed by atoms with Gasteiger partial charge in [-0.1, -0.05) is 45.4 Å². The highest BCUT2D eigenvalue weighted by atomic mass is 16.5.